The highest BCUT2D eigenvalue weighted by molar-refractivity contribution is 7.47. The molecular formula is C42H65N6O10P. The van der Waals surface area contributed by atoms with Gasteiger partial charge in [-0.05, 0) is 36.2 Å². The summed E-state index contributed by atoms with van der Waals surface area (Å²) in [7, 11) is -2.35. The zero-order valence-electron chi connectivity index (χ0n) is 35.0. The highest BCUT2D eigenvalue weighted by atomic mass is 31.2. The Bertz CT molecular complexity index is 1780. The number of fused-ring (bicyclic) bond motifs is 1. The summed E-state index contributed by atoms with van der Waals surface area (Å²) in [5.74, 6) is 0.538. The van der Waals surface area contributed by atoms with Crippen LogP contribution in [0.25, 0.3) is 5.52 Å². The van der Waals surface area contributed by atoms with E-state index in [2.05, 4.69) is 23.1 Å². The molecule has 0 aliphatic carbocycles. The number of unbranched alkanes of at least 4 members (excludes halogenated alkanes) is 15. The average molecular weight is 845 g/mol. The Hall–Kier alpha value is -3.67. The number of nitrogens with zero attached hydrogens (tertiary/aromatic N) is 5. The molecule has 0 radical (unpaired) electrons. The summed E-state index contributed by atoms with van der Waals surface area (Å²) >= 11 is 0. The van der Waals surface area contributed by atoms with Crippen LogP contribution >= 0.6 is 7.82 Å². The van der Waals surface area contributed by atoms with Crippen LogP contribution in [0.4, 0.5) is 5.82 Å². The number of nitrogen functional groups attached to an aromatic ring is 1. The zero-order chi connectivity index (χ0) is 42.9. The Morgan fingerprint density at radius 1 is 0.881 bits per heavy atom. The molecule has 2 aromatic heterocycles. The lowest BCUT2D eigenvalue weighted by molar-refractivity contribution is -0.134. The monoisotopic (exact) mass is 844 g/mol. The van der Waals surface area contributed by atoms with Gasteiger partial charge in [-0.3, -0.25) is 9.05 Å². The molecule has 1 unspecified atom stereocenters. The van der Waals surface area contributed by atoms with Crippen molar-refractivity contribution < 1.29 is 47.7 Å². The topological polar surface area (TPSA) is 237 Å². The van der Waals surface area contributed by atoms with Gasteiger partial charge in [0.1, 0.15) is 54.7 Å². The molecule has 0 aliphatic rings. The van der Waals surface area contributed by atoms with Gasteiger partial charge in [0, 0.05) is 13.7 Å². The molecule has 0 aliphatic heterocycles. The predicted octanol–water partition coefficient (Wildman–Crippen LogP) is 7.49. The fourth-order valence-corrected chi connectivity index (χ4v) is 7.46. The number of methoxy groups -OCH3 is 2. The predicted molar refractivity (Wildman–Crippen MR) is 222 cm³/mol. The molecule has 5 atom stereocenters. The lowest BCUT2D eigenvalue weighted by Crippen LogP contribution is -2.50. The molecule has 328 valence electrons. The van der Waals surface area contributed by atoms with E-state index >= 15 is 0 Å². The summed E-state index contributed by atoms with van der Waals surface area (Å²) < 4.78 is 47.2. The SMILES string of the molecule is CCCCCCCCCCCCCCCCCCOC[C@H](COP(=O)(O)OC[C@@](C#N)(OC)[C@@H](O)[C@@H](O)c1ccc2c(N)ncnn12)OCc1ccc(OC)c(C#N)c1. The molecule has 3 aromatic rings. The van der Waals surface area contributed by atoms with Gasteiger partial charge < -0.3 is 39.8 Å². The molecular weight excluding hydrogens is 779 g/mol. The minimum atomic E-state index is -4.90. The van der Waals surface area contributed by atoms with Crippen molar-refractivity contribution in [1.29, 1.82) is 10.5 Å². The van der Waals surface area contributed by atoms with Gasteiger partial charge in [-0.1, -0.05) is 109 Å². The Morgan fingerprint density at radius 2 is 1.51 bits per heavy atom. The number of aromatic nitrogens is 3. The molecule has 1 aromatic carbocycles. The van der Waals surface area contributed by atoms with Crippen molar-refractivity contribution >= 4 is 19.2 Å². The molecule has 2 heterocycles. The summed E-state index contributed by atoms with van der Waals surface area (Å²) in [6, 6.07) is 11.8. The molecule has 59 heavy (non-hydrogen) atoms. The van der Waals surface area contributed by atoms with Crippen molar-refractivity contribution in [1.82, 2.24) is 14.6 Å². The number of phosphoric ester groups is 1. The summed E-state index contributed by atoms with van der Waals surface area (Å²) in [6.45, 7) is 1.37. The number of aliphatic hydroxyl groups excluding tert-OH is 2. The van der Waals surface area contributed by atoms with Crippen LogP contribution in [0, 0.1) is 22.7 Å². The largest absolute Gasteiger partial charge is 0.495 e. The fourth-order valence-electron chi connectivity index (χ4n) is 6.67. The van der Waals surface area contributed by atoms with E-state index in [1.807, 2.05) is 0 Å². The number of hydrogen-bond donors (Lipinski definition) is 4. The fraction of sp³-hybridized carbons (Fsp3) is 0.667. The number of anilines is 1. The first-order chi connectivity index (χ1) is 28.5. The Labute approximate surface area is 349 Å². The van der Waals surface area contributed by atoms with Gasteiger partial charge in [-0.2, -0.15) is 15.6 Å². The second-order valence-electron chi connectivity index (χ2n) is 14.8. The van der Waals surface area contributed by atoms with Gasteiger partial charge in [0.25, 0.3) is 0 Å². The van der Waals surface area contributed by atoms with Crippen molar-refractivity contribution in [3.05, 3.63) is 53.5 Å². The number of benzene rings is 1. The number of aliphatic hydroxyl groups is 2. The van der Waals surface area contributed by atoms with Crippen molar-refractivity contribution in [2.24, 2.45) is 0 Å². The zero-order valence-corrected chi connectivity index (χ0v) is 35.9. The number of nitriles is 2. The van der Waals surface area contributed by atoms with Crippen LogP contribution in [-0.4, -0.2) is 88.2 Å². The molecule has 5 N–H and O–H groups in total. The highest BCUT2D eigenvalue weighted by Crippen LogP contribution is 2.45. The van der Waals surface area contributed by atoms with Crippen LogP contribution < -0.4 is 10.5 Å². The maximum Gasteiger partial charge on any atom is 0.472 e. The normalized spacial score (nSPS) is 15.2. The minimum Gasteiger partial charge on any atom is -0.495 e. The second kappa shape index (κ2) is 27.2. The van der Waals surface area contributed by atoms with Crippen molar-refractivity contribution in [3.63, 3.8) is 0 Å². The van der Waals surface area contributed by atoms with Gasteiger partial charge >= 0.3 is 7.82 Å². The maximum atomic E-state index is 13.1. The van der Waals surface area contributed by atoms with Crippen LogP contribution in [0.3, 0.4) is 0 Å². The first-order valence-electron chi connectivity index (χ1n) is 20.8. The Kier molecular flexibility index (Phi) is 22.9. The van der Waals surface area contributed by atoms with Crippen LogP contribution in [0.1, 0.15) is 133 Å². The molecule has 0 saturated heterocycles. The van der Waals surface area contributed by atoms with Gasteiger partial charge in [0.05, 0.1) is 38.2 Å². The number of rotatable bonds is 33. The number of nitrogens with two attached hydrogens (primary N) is 1. The van der Waals surface area contributed by atoms with Gasteiger partial charge in [0.15, 0.2) is 5.82 Å². The van der Waals surface area contributed by atoms with E-state index in [1.54, 1.807) is 24.3 Å². The first-order valence-corrected chi connectivity index (χ1v) is 22.3. The summed E-state index contributed by atoms with van der Waals surface area (Å²) in [5, 5.41) is 45.8. The maximum absolute atomic E-state index is 13.1. The molecule has 17 heteroatoms. The van der Waals surface area contributed by atoms with E-state index in [9.17, 15) is 30.2 Å². The number of hydrogen-bond acceptors (Lipinski definition) is 14. The van der Waals surface area contributed by atoms with E-state index in [-0.39, 0.29) is 24.7 Å². The van der Waals surface area contributed by atoms with E-state index in [1.165, 1.54) is 107 Å². The minimum absolute atomic E-state index is 0.0297. The van der Waals surface area contributed by atoms with Crippen molar-refractivity contribution in [3.8, 4) is 17.9 Å². The van der Waals surface area contributed by atoms with Crippen LogP contribution in [0.2, 0.25) is 0 Å². The summed E-state index contributed by atoms with van der Waals surface area (Å²) in [6.07, 6.45) is 16.8. The Morgan fingerprint density at radius 3 is 2.08 bits per heavy atom. The standard InChI is InChI=1S/C42H65N6O10P/c1-4-5-6-7-8-9-10-11-12-13-14-15-16-17-18-19-24-55-28-35(56-27-33-20-23-38(53-2)34(25-33)26-43)29-57-59(51,52)58-31-42(30-44,54-3)40(50)39(49)36-21-22-37-41(45)46-32-47-48(36)37/h20-23,25,32,35,39-40,49-50H,4-19,24,27-29,31H2,1-3H3,(H,51,52)(H2,45,46,47)/t35-,39+,40+,42-/m1/s1. The third kappa shape index (κ3) is 16.7. The van der Waals surface area contributed by atoms with E-state index < -0.39 is 44.9 Å². The van der Waals surface area contributed by atoms with E-state index in [0.717, 1.165) is 32.7 Å². The molecule has 0 saturated carbocycles. The van der Waals surface area contributed by atoms with Gasteiger partial charge in [-0.15, -0.1) is 0 Å². The second-order valence-corrected chi connectivity index (χ2v) is 16.2. The molecule has 3 rings (SSSR count). The van der Waals surface area contributed by atoms with E-state index in [0.29, 0.717) is 29.0 Å². The average Bonchev–Trinajstić information content (AvgIpc) is 3.69. The highest BCUT2D eigenvalue weighted by Gasteiger charge is 2.46. The molecule has 0 fully saturated rings. The lowest BCUT2D eigenvalue weighted by Gasteiger charge is -2.33. The van der Waals surface area contributed by atoms with Gasteiger partial charge in [-0.25, -0.2) is 14.1 Å². The molecule has 16 nitrogen and oxygen atoms in total. The number of phosphoric acid groups is 1. The molecule has 0 amide bonds. The number of ether oxygens (including phenoxy) is 4. The van der Waals surface area contributed by atoms with Gasteiger partial charge in [0.2, 0.25) is 5.60 Å². The third-order valence-corrected chi connectivity index (χ3v) is 11.3. The van der Waals surface area contributed by atoms with E-state index in [4.69, 9.17) is 33.7 Å². The van der Waals surface area contributed by atoms with Crippen LogP contribution in [-0.2, 0) is 34.4 Å². The van der Waals surface area contributed by atoms with Crippen molar-refractivity contribution in [2.75, 3.05) is 46.4 Å². The molecule has 0 bridgehead atoms. The Balaban J connectivity index is 1.47. The first kappa shape index (κ1) is 49.7. The third-order valence-electron chi connectivity index (χ3n) is 10.3. The van der Waals surface area contributed by atoms with Crippen LogP contribution in [0.5, 0.6) is 5.75 Å². The van der Waals surface area contributed by atoms with Crippen molar-refractivity contribution in [2.45, 2.75) is 140 Å². The summed E-state index contributed by atoms with van der Waals surface area (Å²) in [4.78, 5) is 14.5. The lowest BCUT2D eigenvalue weighted by atomic mass is 9.93. The van der Waals surface area contributed by atoms with Crippen LogP contribution in [0.15, 0.2) is 36.7 Å². The quantitative estimate of drug-likeness (QED) is 0.0343. The molecule has 0 spiro atoms. The smallest absolute Gasteiger partial charge is 0.472 e. The summed E-state index contributed by atoms with van der Waals surface area (Å²) in [5.41, 5.74) is 4.94.